The van der Waals surface area contributed by atoms with Crippen LogP contribution < -0.4 is 5.32 Å². The molecule has 2 N–H and O–H groups in total. The number of β-amino-alcohol motifs (C(OH)–C–C–N with tert-alkyl or cyclic N) is 1. The number of aliphatic hydroxyl groups is 1. The Morgan fingerprint density at radius 2 is 2.13 bits per heavy atom. The number of nitrogens with one attached hydrogen (secondary N) is 1. The van der Waals surface area contributed by atoms with Gasteiger partial charge in [0.05, 0.1) is 11.7 Å². The molecule has 3 rings (SSSR count). The molecule has 0 bridgehead atoms. The lowest BCUT2D eigenvalue weighted by molar-refractivity contribution is 0.0795. The summed E-state index contributed by atoms with van der Waals surface area (Å²) in [7, 11) is 0. The maximum absolute atomic E-state index is 12.4. The van der Waals surface area contributed by atoms with Gasteiger partial charge < -0.3 is 15.3 Å². The SMILES string of the molecule is CC1CCN(CC(O)CNC(=O)c2csc3c2CCCC3)CC1. The first kappa shape index (κ1) is 16.9. The first-order chi connectivity index (χ1) is 11.1. The molecule has 5 heteroatoms. The monoisotopic (exact) mass is 336 g/mol. The number of likely N-dealkylation sites (tertiary alicyclic amines) is 1. The summed E-state index contributed by atoms with van der Waals surface area (Å²) in [4.78, 5) is 16.1. The maximum atomic E-state index is 12.4. The Hall–Kier alpha value is -0.910. The van der Waals surface area contributed by atoms with E-state index < -0.39 is 6.10 Å². The topological polar surface area (TPSA) is 52.6 Å². The van der Waals surface area contributed by atoms with Crippen molar-refractivity contribution in [3.63, 3.8) is 0 Å². The van der Waals surface area contributed by atoms with Crippen molar-refractivity contribution in [1.29, 1.82) is 0 Å². The first-order valence-corrected chi connectivity index (χ1v) is 9.79. The molecule has 4 nitrogen and oxygen atoms in total. The molecule has 0 aromatic carbocycles. The van der Waals surface area contributed by atoms with Crippen LogP contribution in [-0.2, 0) is 12.8 Å². The highest BCUT2D eigenvalue weighted by Crippen LogP contribution is 2.30. The number of hydrogen-bond donors (Lipinski definition) is 2. The van der Waals surface area contributed by atoms with Gasteiger partial charge in [0.2, 0.25) is 0 Å². The molecule has 1 aromatic rings. The van der Waals surface area contributed by atoms with Gasteiger partial charge in [0.1, 0.15) is 0 Å². The second kappa shape index (κ2) is 7.77. The Labute approximate surface area is 142 Å². The van der Waals surface area contributed by atoms with Crippen LogP contribution in [0.15, 0.2) is 5.38 Å². The molecular weight excluding hydrogens is 308 g/mol. The molecular formula is C18H28N2O2S. The zero-order valence-electron chi connectivity index (χ0n) is 14.0. The number of carbonyl (C=O) groups is 1. The number of fused-ring (bicyclic) bond motifs is 1. The number of hydrogen-bond acceptors (Lipinski definition) is 4. The summed E-state index contributed by atoms with van der Waals surface area (Å²) >= 11 is 1.71. The van der Waals surface area contributed by atoms with Crippen molar-refractivity contribution >= 4 is 17.2 Å². The van der Waals surface area contributed by atoms with Gasteiger partial charge >= 0.3 is 0 Å². The van der Waals surface area contributed by atoms with Crippen LogP contribution in [-0.4, -0.2) is 48.2 Å². The highest BCUT2D eigenvalue weighted by Gasteiger charge is 2.22. The molecule has 128 valence electrons. The Morgan fingerprint density at radius 3 is 2.91 bits per heavy atom. The Kier molecular flexibility index (Phi) is 5.72. The Morgan fingerprint density at radius 1 is 1.39 bits per heavy atom. The molecule has 1 unspecified atom stereocenters. The average Bonchev–Trinajstić information content (AvgIpc) is 2.99. The Bertz CT molecular complexity index is 535. The summed E-state index contributed by atoms with van der Waals surface area (Å²) in [5, 5.41) is 15.1. The van der Waals surface area contributed by atoms with E-state index in [2.05, 4.69) is 17.1 Å². The van der Waals surface area contributed by atoms with Gasteiger partial charge in [0, 0.05) is 23.3 Å². The van der Waals surface area contributed by atoms with Gasteiger partial charge in [-0.25, -0.2) is 0 Å². The van der Waals surface area contributed by atoms with Crippen molar-refractivity contribution in [1.82, 2.24) is 10.2 Å². The maximum Gasteiger partial charge on any atom is 0.252 e. The summed E-state index contributed by atoms with van der Waals surface area (Å²) in [6.45, 7) is 5.41. The molecule has 1 aromatic heterocycles. The van der Waals surface area contributed by atoms with Gasteiger partial charge in [-0.1, -0.05) is 6.92 Å². The molecule has 1 atom stereocenters. The van der Waals surface area contributed by atoms with Crippen molar-refractivity contribution in [2.45, 2.75) is 51.6 Å². The lowest BCUT2D eigenvalue weighted by atomic mass is 9.95. The molecule has 1 amide bonds. The molecule has 0 saturated carbocycles. The van der Waals surface area contributed by atoms with Crippen LogP contribution >= 0.6 is 11.3 Å². The molecule has 1 saturated heterocycles. The van der Waals surface area contributed by atoms with E-state index in [-0.39, 0.29) is 5.91 Å². The van der Waals surface area contributed by atoms with Crippen molar-refractivity contribution in [3.05, 3.63) is 21.4 Å². The van der Waals surface area contributed by atoms with E-state index in [0.717, 1.165) is 37.4 Å². The van der Waals surface area contributed by atoms with Gasteiger partial charge in [-0.05, 0) is 63.1 Å². The van der Waals surface area contributed by atoms with Crippen LogP contribution in [0.2, 0.25) is 0 Å². The van der Waals surface area contributed by atoms with E-state index in [1.807, 2.05) is 5.38 Å². The summed E-state index contributed by atoms with van der Waals surface area (Å²) in [6.07, 6.45) is 6.49. The first-order valence-electron chi connectivity index (χ1n) is 8.91. The van der Waals surface area contributed by atoms with Crippen LogP contribution in [0.4, 0.5) is 0 Å². The van der Waals surface area contributed by atoms with Gasteiger partial charge in [-0.2, -0.15) is 0 Å². The highest BCUT2D eigenvalue weighted by atomic mass is 32.1. The number of amides is 1. The number of rotatable bonds is 5. The van der Waals surface area contributed by atoms with E-state index >= 15 is 0 Å². The fourth-order valence-electron chi connectivity index (χ4n) is 3.60. The second-order valence-electron chi connectivity index (χ2n) is 7.11. The van der Waals surface area contributed by atoms with E-state index in [9.17, 15) is 9.90 Å². The van der Waals surface area contributed by atoms with E-state index in [1.165, 1.54) is 36.1 Å². The zero-order valence-corrected chi connectivity index (χ0v) is 14.8. The van der Waals surface area contributed by atoms with E-state index in [4.69, 9.17) is 0 Å². The van der Waals surface area contributed by atoms with Gasteiger partial charge in [0.15, 0.2) is 0 Å². The third-order valence-corrected chi connectivity index (χ3v) is 6.24. The van der Waals surface area contributed by atoms with Crippen molar-refractivity contribution in [2.24, 2.45) is 5.92 Å². The van der Waals surface area contributed by atoms with Gasteiger partial charge in [0.25, 0.3) is 5.91 Å². The number of aliphatic hydroxyl groups excluding tert-OH is 1. The molecule has 23 heavy (non-hydrogen) atoms. The van der Waals surface area contributed by atoms with Crippen LogP contribution in [0.1, 0.15) is 53.4 Å². The van der Waals surface area contributed by atoms with Crippen LogP contribution in [0.25, 0.3) is 0 Å². The number of piperidine rings is 1. The van der Waals surface area contributed by atoms with Gasteiger partial charge in [-0.3, -0.25) is 4.79 Å². The summed E-state index contributed by atoms with van der Waals surface area (Å²) in [5.41, 5.74) is 2.09. The molecule has 0 spiro atoms. The fraction of sp³-hybridized carbons (Fsp3) is 0.722. The van der Waals surface area contributed by atoms with Crippen LogP contribution in [0.5, 0.6) is 0 Å². The minimum absolute atomic E-state index is 0.0179. The predicted molar refractivity (Wildman–Crippen MR) is 94.1 cm³/mol. The number of thiophene rings is 1. The molecule has 2 heterocycles. The standard InChI is InChI=1S/C18H28N2O2S/c1-13-6-8-20(9-7-13)11-14(21)10-19-18(22)16-12-23-17-5-3-2-4-15(16)17/h12-14,21H,2-11H2,1H3,(H,19,22). The Balaban J connectivity index is 1.46. The smallest absolute Gasteiger partial charge is 0.252 e. The lowest BCUT2D eigenvalue weighted by Gasteiger charge is -2.31. The molecule has 1 fully saturated rings. The predicted octanol–water partition coefficient (Wildman–Crippen LogP) is 2.45. The normalized spacial score (nSPS) is 21.0. The van der Waals surface area contributed by atoms with Crippen molar-refractivity contribution in [3.8, 4) is 0 Å². The van der Waals surface area contributed by atoms with E-state index in [0.29, 0.717) is 13.1 Å². The quantitative estimate of drug-likeness (QED) is 0.868. The lowest BCUT2D eigenvalue weighted by Crippen LogP contribution is -2.43. The van der Waals surface area contributed by atoms with Crippen LogP contribution in [0, 0.1) is 5.92 Å². The minimum atomic E-state index is -0.484. The number of carbonyl (C=O) groups excluding carboxylic acids is 1. The average molecular weight is 337 g/mol. The fourth-order valence-corrected chi connectivity index (χ4v) is 4.72. The third kappa shape index (κ3) is 4.34. The largest absolute Gasteiger partial charge is 0.390 e. The summed E-state index contributed by atoms with van der Waals surface area (Å²) < 4.78 is 0. The number of nitrogens with zero attached hydrogens (tertiary/aromatic N) is 1. The van der Waals surface area contributed by atoms with Crippen molar-refractivity contribution in [2.75, 3.05) is 26.2 Å². The van der Waals surface area contributed by atoms with Crippen LogP contribution in [0.3, 0.4) is 0 Å². The second-order valence-corrected chi connectivity index (χ2v) is 8.07. The highest BCUT2D eigenvalue weighted by molar-refractivity contribution is 7.10. The zero-order chi connectivity index (χ0) is 16.2. The molecule has 2 aliphatic rings. The minimum Gasteiger partial charge on any atom is -0.390 e. The summed E-state index contributed by atoms with van der Waals surface area (Å²) in [5.74, 6) is 0.781. The van der Waals surface area contributed by atoms with Crippen molar-refractivity contribution < 1.29 is 9.90 Å². The summed E-state index contributed by atoms with van der Waals surface area (Å²) in [6, 6.07) is 0. The van der Waals surface area contributed by atoms with E-state index in [1.54, 1.807) is 11.3 Å². The molecule has 1 aliphatic carbocycles. The molecule has 0 radical (unpaired) electrons. The number of aryl methyl sites for hydroxylation is 1. The molecule has 1 aliphatic heterocycles. The third-order valence-electron chi connectivity index (χ3n) is 5.15. The van der Waals surface area contributed by atoms with Gasteiger partial charge in [-0.15, -0.1) is 11.3 Å².